The lowest BCUT2D eigenvalue weighted by Crippen LogP contribution is -2.34. The average molecular weight is 385 g/mol. The lowest BCUT2D eigenvalue weighted by atomic mass is 10.1. The molecule has 1 saturated heterocycles. The van der Waals surface area contributed by atoms with Crippen LogP contribution in [0, 0.1) is 0 Å². The third kappa shape index (κ3) is 4.40. The Morgan fingerprint density at radius 2 is 1.81 bits per heavy atom. The molecule has 0 aliphatic carbocycles. The Morgan fingerprint density at radius 3 is 2.41 bits per heavy atom. The molecule has 2 aromatic rings. The van der Waals surface area contributed by atoms with Crippen LogP contribution in [-0.2, 0) is 11.3 Å². The number of benzene rings is 2. The summed E-state index contributed by atoms with van der Waals surface area (Å²) in [6.07, 6.45) is 0. The highest BCUT2D eigenvalue weighted by Crippen LogP contribution is 2.30. The molecule has 1 atom stereocenters. The summed E-state index contributed by atoms with van der Waals surface area (Å²) in [7, 11) is 0. The molecule has 3 rings (SSSR count). The second kappa shape index (κ2) is 8.13. The van der Waals surface area contributed by atoms with Crippen LogP contribution < -0.4 is 15.2 Å². The lowest BCUT2D eigenvalue weighted by Gasteiger charge is -2.15. The van der Waals surface area contributed by atoms with Gasteiger partial charge in [-0.05, 0) is 54.1 Å². The smallest absolute Gasteiger partial charge is 0.291 e. The number of carboxylic acid groups (broad SMARTS) is 1. The highest BCUT2D eigenvalue weighted by Gasteiger charge is 2.39. The molecule has 0 unspecified atom stereocenters. The second-order valence-corrected chi connectivity index (χ2v) is 6.83. The molecule has 140 valence electrons. The Balaban J connectivity index is 1.64. The van der Waals surface area contributed by atoms with Gasteiger partial charge in [-0.3, -0.25) is 14.5 Å². The Kier molecular flexibility index (Phi) is 5.66. The van der Waals surface area contributed by atoms with Crippen molar-refractivity contribution in [3.8, 4) is 5.75 Å². The van der Waals surface area contributed by atoms with Gasteiger partial charge in [0.2, 0.25) is 0 Å². The largest absolute Gasteiger partial charge is 0.545 e. The molecule has 1 N–H and O–H groups in total. The van der Waals surface area contributed by atoms with E-state index in [1.807, 2.05) is 6.92 Å². The van der Waals surface area contributed by atoms with E-state index in [-0.39, 0.29) is 23.3 Å². The molecule has 0 saturated carbocycles. The fourth-order valence-corrected chi connectivity index (χ4v) is 3.48. The molecule has 0 spiro atoms. The molecular weight excluding hydrogens is 368 g/mol. The SMILES string of the molecule is CCOc1ccc(N[C@@H]2SC(=O)N(Cc3ccc(C(=O)[O-])cc3)C2=O)cc1. The third-order valence-corrected chi connectivity index (χ3v) is 4.90. The molecule has 27 heavy (non-hydrogen) atoms. The van der Waals surface area contributed by atoms with Crippen molar-refractivity contribution in [2.24, 2.45) is 0 Å². The number of aromatic carboxylic acids is 1. The first-order valence-corrected chi connectivity index (χ1v) is 9.17. The summed E-state index contributed by atoms with van der Waals surface area (Å²) in [5.74, 6) is -0.890. The van der Waals surface area contributed by atoms with Gasteiger partial charge in [-0.1, -0.05) is 24.3 Å². The van der Waals surface area contributed by atoms with Gasteiger partial charge in [0.15, 0.2) is 5.37 Å². The maximum atomic E-state index is 12.6. The van der Waals surface area contributed by atoms with E-state index in [4.69, 9.17) is 4.74 Å². The fourth-order valence-electron chi connectivity index (χ4n) is 2.57. The van der Waals surface area contributed by atoms with E-state index >= 15 is 0 Å². The zero-order valence-corrected chi connectivity index (χ0v) is 15.3. The number of rotatable bonds is 7. The highest BCUT2D eigenvalue weighted by molar-refractivity contribution is 8.15. The van der Waals surface area contributed by atoms with Crippen LogP contribution in [0.1, 0.15) is 22.8 Å². The summed E-state index contributed by atoms with van der Waals surface area (Å²) < 4.78 is 5.37. The lowest BCUT2D eigenvalue weighted by molar-refractivity contribution is -0.255. The van der Waals surface area contributed by atoms with Crippen molar-refractivity contribution in [3.63, 3.8) is 0 Å². The number of nitrogens with zero attached hydrogens (tertiary/aromatic N) is 1. The van der Waals surface area contributed by atoms with E-state index in [9.17, 15) is 19.5 Å². The molecule has 8 heteroatoms. The Bertz CT molecular complexity index is 851. The van der Waals surface area contributed by atoms with Gasteiger partial charge < -0.3 is 20.0 Å². The van der Waals surface area contributed by atoms with Crippen LogP contribution in [0.5, 0.6) is 5.75 Å². The number of carbonyl (C=O) groups excluding carboxylic acids is 3. The molecule has 2 aromatic carbocycles. The molecule has 0 radical (unpaired) electrons. The van der Waals surface area contributed by atoms with E-state index in [1.54, 1.807) is 36.4 Å². The minimum atomic E-state index is -1.27. The number of hydrogen-bond acceptors (Lipinski definition) is 7. The first kappa shape index (κ1) is 18.8. The van der Waals surface area contributed by atoms with Crippen molar-refractivity contribution < 1.29 is 24.2 Å². The topological polar surface area (TPSA) is 98.8 Å². The maximum absolute atomic E-state index is 12.6. The van der Waals surface area contributed by atoms with Crippen LogP contribution in [0.15, 0.2) is 48.5 Å². The normalized spacial score (nSPS) is 16.5. The van der Waals surface area contributed by atoms with Gasteiger partial charge in [0.05, 0.1) is 19.1 Å². The predicted molar refractivity (Wildman–Crippen MR) is 99.3 cm³/mol. The highest BCUT2D eigenvalue weighted by atomic mass is 32.2. The van der Waals surface area contributed by atoms with Gasteiger partial charge >= 0.3 is 0 Å². The molecule has 1 heterocycles. The fraction of sp³-hybridized carbons (Fsp3) is 0.211. The number of thioether (sulfide) groups is 1. The van der Waals surface area contributed by atoms with Crippen LogP contribution in [0.4, 0.5) is 10.5 Å². The van der Waals surface area contributed by atoms with Crippen LogP contribution in [-0.4, -0.2) is 34.0 Å². The van der Waals surface area contributed by atoms with Crippen LogP contribution in [0.2, 0.25) is 0 Å². The van der Waals surface area contributed by atoms with Gasteiger partial charge in [0, 0.05) is 5.69 Å². The minimum Gasteiger partial charge on any atom is -0.545 e. The van der Waals surface area contributed by atoms with Crippen LogP contribution >= 0.6 is 11.8 Å². The third-order valence-electron chi connectivity index (χ3n) is 3.92. The average Bonchev–Trinajstić information content (AvgIpc) is 2.91. The number of amides is 2. The summed E-state index contributed by atoms with van der Waals surface area (Å²) in [4.78, 5) is 36.7. The van der Waals surface area contributed by atoms with Gasteiger partial charge in [-0.15, -0.1) is 0 Å². The number of ether oxygens (including phenoxy) is 1. The van der Waals surface area contributed by atoms with E-state index in [1.165, 1.54) is 12.1 Å². The van der Waals surface area contributed by atoms with Crippen molar-refractivity contribution in [2.45, 2.75) is 18.8 Å². The van der Waals surface area contributed by atoms with Gasteiger partial charge in [-0.25, -0.2) is 0 Å². The first-order chi connectivity index (χ1) is 13.0. The number of carbonyl (C=O) groups is 3. The van der Waals surface area contributed by atoms with Crippen molar-refractivity contribution in [2.75, 3.05) is 11.9 Å². The summed E-state index contributed by atoms with van der Waals surface area (Å²) >= 11 is 0.909. The molecule has 1 aliphatic rings. The molecule has 7 nitrogen and oxygen atoms in total. The van der Waals surface area contributed by atoms with Crippen LogP contribution in [0.25, 0.3) is 0 Å². The predicted octanol–water partition coefficient (Wildman–Crippen LogP) is 2.08. The molecule has 0 bridgehead atoms. The van der Waals surface area contributed by atoms with Crippen molar-refractivity contribution >= 4 is 34.6 Å². The Labute approximate surface area is 160 Å². The number of anilines is 1. The van der Waals surface area contributed by atoms with E-state index in [0.717, 1.165) is 22.4 Å². The zero-order valence-electron chi connectivity index (χ0n) is 14.5. The maximum Gasteiger partial charge on any atom is 0.291 e. The summed E-state index contributed by atoms with van der Waals surface area (Å²) in [5.41, 5.74) is 1.41. The molecular formula is C19H17N2O5S-. The number of hydrogen-bond donors (Lipinski definition) is 1. The summed E-state index contributed by atoms with van der Waals surface area (Å²) in [6.45, 7) is 2.54. The molecule has 0 aromatic heterocycles. The Hall–Kier alpha value is -3.00. The number of carboxylic acids is 1. The molecule has 2 amide bonds. The van der Waals surface area contributed by atoms with Crippen LogP contribution in [0.3, 0.4) is 0 Å². The van der Waals surface area contributed by atoms with E-state index < -0.39 is 11.3 Å². The van der Waals surface area contributed by atoms with Gasteiger partial charge in [-0.2, -0.15) is 0 Å². The zero-order chi connectivity index (χ0) is 19.4. The van der Waals surface area contributed by atoms with E-state index in [2.05, 4.69) is 5.32 Å². The quantitative estimate of drug-likeness (QED) is 0.779. The summed E-state index contributed by atoms with van der Waals surface area (Å²) in [5, 5.41) is 12.8. The first-order valence-electron chi connectivity index (χ1n) is 8.29. The number of nitrogens with one attached hydrogen (secondary N) is 1. The standard InChI is InChI=1S/C19H18N2O5S/c1-2-26-15-9-7-14(8-10-15)20-16-17(22)21(19(25)27-16)11-12-3-5-13(6-4-12)18(23)24/h3-10,16,20H,2,11H2,1H3,(H,23,24)/p-1/t16-/m1/s1. The van der Waals surface area contributed by atoms with Gasteiger partial charge in [0.1, 0.15) is 5.75 Å². The monoisotopic (exact) mass is 385 g/mol. The molecule has 1 fully saturated rings. The number of imide groups is 1. The second-order valence-electron chi connectivity index (χ2n) is 5.77. The van der Waals surface area contributed by atoms with Crippen molar-refractivity contribution in [3.05, 3.63) is 59.7 Å². The van der Waals surface area contributed by atoms with Crippen molar-refractivity contribution in [1.29, 1.82) is 0 Å². The minimum absolute atomic E-state index is 0.0437. The van der Waals surface area contributed by atoms with E-state index in [0.29, 0.717) is 17.9 Å². The van der Waals surface area contributed by atoms with Crippen molar-refractivity contribution in [1.82, 2.24) is 4.90 Å². The van der Waals surface area contributed by atoms with Gasteiger partial charge in [0.25, 0.3) is 11.1 Å². The Morgan fingerprint density at radius 1 is 1.15 bits per heavy atom. The summed E-state index contributed by atoms with van der Waals surface area (Å²) in [6, 6.07) is 13.0. The molecule has 1 aliphatic heterocycles.